The van der Waals surface area contributed by atoms with Gasteiger partial charge < -0.3 is 24.5 Å². The molecule has 2 aromatic heterocycles. The minimum atomic E-state index is -2.84. The molecule has 38 heavy (non-hydrogen) atoms. The summed E-state index contributed by atoms with van der Waals surface area (Å²) in [6, 6.07) is 9.40. The van der Waals surface area contributed by atoms with Crippen molar-refractivity contribution >= 4 is 22.7 Å². The summed E-state index contributed by atoms with van der Waals surface area (Å²) in [5.74, 6) is -4.04. The van der Waals surface area contributed by atoms with Crippen LogP contribution < -0.4 is 15.6 Å². The summed E-state index contributed by atoms with van der Waals surface area (Å²) in [5, 5.41) is 3.70. The number of H-pyrrole nitrogens is 1. The number of pyridine rings is 1. The van der Waals surface area contributed by atoms with Crippen LogP contribution in [0.4, 0.5) is 8.78 Å². The van der Waals surface area contributed by atoms with Crippen molar-refractivity contribution in [1.82, 2.24) is 19.8 Å². The van der Waals surface area contributed by atoms with E-state index in [1.54, 1.807) is 17.9 Å². The van der Waals surface area contributed by atoms with E-state index in [-0.39, 0.29) is 30.3 Å². The number of hydrogen-bond acceptors (Lipinski definition) is 4. The van der Waals surface area contributed by atoms with Crippen molar-refractivity contribution in [3.8, 4) is 5.75 Å². The molecule has 1 saturated carbocycles. The number of para-hydroxylation sites is 1. The lowest BCUT2D eigenvalue weighted by Gasteiger charge is -2.32. The van der Waals surface area contributed by atoms with Gasteiger partial charge >= 0.3 is 0 Å². The number of likely N-dealkylation sites (tertiary alicyclic amines) is 1. The predicted molar refractivity (Wildman–Crippen MR) is 139 cm³/mol. The first-order valence-corrected chi connectivity index (χ1v) is 12.9. The quantitative estimate of drug-likeness (QED) is 0.490. The molecule has 202 valence electrons. The molecule has 1 aromatic carbocycles. The molecule has 2 fully saturated rings. The number of hydrogen-bond donors (Lipinski definition) is 2. The second-order valence-corrected chi connectivity index (χ2v) is 10.4. The Morgan fingerprint density at radius 1 is 1.18 bits per heavy atom. The molecule has 5 rings (SSSR count). The number of piperidine rings is 1. The molecular weight excluding hydrogens is 494 g/mol. The van der Waals surface area contributed by atoms with Crippen LogP contribution >= 0.6 is 0 Å². The Morgan fingerprint density at radius 3 is 2.53 bits per heavy atom. The van der Waals surface area contributed by atoms with Crippen LogP contribution in [-0.2, 0) is 17.9 Å². The lowest BCUT2D eigenvalue weighted by molar-refractivity contribution is -0.136. The van der Waals surface area contributed by atoms with Gasteiger partial charge in [-0.2, -0.15) is 0 Å². The van der Waals surface area contributed by atoms with Gasteiger partial charge in [-0.05, 0) is 44.7 Å². The van der Waals surface area contributed by atoms with Crippen LogP contribution in [0.25, 0.3) is 10.9 Å². The molecule has 2 amide bonds. The normalized spacial score (nSPS) is 19.0. The first kappa shape index (κ1) is 25.9. The van der Waals surface area contributed by atoms with Gasteiger partial charge in [-0.1, -0.05) is 18.2 Å². The highest BCUT2D eigenvalue weighted by atomic mass is 19.3. The van der Waals surface area contributed by atoms with E-state index >= 15 is 0 Å². The number of amides is 2. The molecule has 1 unspecified atom stereocenters. The Labute approximate surface area is 219 Å². The zero-order valence-electron chi connectivity index (χ0n) is 21.8. The molecule has 2 N–H and O–H groups in total. The standard InChI is InChI=1S/C28H32F2N4O4/c1-16-12-23(38-3)20(25(35)32-16)14-31-26(36)24-17(2)34(22-7-5-4-6-19(22)24)15-18-8-10-33(11-9-18)27(37)21-13-28(21,29)30/h4-7,12,18,21H,8-11,13-15H2,1-3H3,(H,31,36)(H,32,35). The smallest absolute Gasteiger partial charge is 0.260 e. The van der Waals surface area contributed by atoms with Crippen molar-refractivity contribution in [3.05, 3.63) is 63.2 Å². The maximum absolute atomic E-state index is 13.4. The van der Waals surface area contributed by atoms with Crippen LogP contribution in [-0.4, -0.2) is 52.4 Å². The van der Waals surface area contributed by atoms with Gasteiger partial charge in [0, 0.05) is 48.3 Å². The summed E-state index contributed by atoms with van der Waals surface area (Å²) in [6.07, 6.45) is 1.09. The lowest BCUT2D eigenvalue weighted by atomic mass is 9.96. The highest BCUT2D eigenvalue weighted by molar-refractivity contribution is 6.08. The van der Waals surface area contributed by atoms with Crippen molar-refractivity contribution in [2.75, 3.05) is 20.2 Å². The largest absolute Gasteiger partial charge is 0.496 e. The van der Waals surface area contributed by atoms with E-state index in [1.165, 1.54) is 7.11 Å². The van der Waals surface area contributed by atoms with Crippen LogP contribution in [0.1, 0.15) is 46.6 Å². The highest BCUT2D eigenvalue weighted by Gasteiger charge is 2.62. The molecule has 3 heterocycles. The minimum absolute atomic E-state index is 0.0170. The molecule has 0 radical (unpaired) electrons. The Bertz CT molecular complexity index is 1450. The fourth-order valence-corrected chi connectivity index (χ4v) is 5.54. The van der Waals surface area contributed by atoms with Crippen LogP contribution in [0.15, 0.2) is 35.1 Å². The first-order valence-electron chi connectivity index (χ1n) is 12.9. The number of aromatic amines is 1. The Morgan fingerprint density at radius 2 is 1.87 bits per heavy atom. The number of alkyl halides is 2. The maximum atomic E-state index is 13.4. The summed E-state index contributed by atoms with van der Waals surface area (Å²) in [4.78, 5) is 42.5. The third-order valence-electron chi connectivity index (χ3n) is 7.82. The zero-order valence-corrected chi connectivity index (χ0v) is 21.8. The van der Waals surface area contributed by atoms with Gasteiger partial charge in [0.1, 0.15) is 11.7 Å². The maximum Gasteiger partial charge on any atom is 0.260 e. The number of nitrogens with one attached hydrogen (secondary N) is 2. The number of benzene rings is 1. The number of halogens is 2. The van der Waals surface area contributed by atoms with Gasteiger partial charge in [-0.15, -0.1) is 0 Å². The van der Waals surface area contributed by atoms with Crippen molar-refractivity contribution in [2.45, 2.75) is 52.1 Å². The third kappa shape index (κ3) is 4.79. The number of methoxy groups -OCH3 is 1. The number of rotatable bonds is 7. The zero-order chi connectivity index (χ0) is 27.2. The monoisotopic (exact) mass is 526 g/mol. The molecule has 0 spiro atoms. The summed E-state index contributed by atoms with van der Waals surface area (Å²) >= 11 is 0. The summed E-state index contributed by atoms with van der Waals surface area (Å²) in [5.41, 5.74) is 2.99. The van der Waals surface area contributed by atoms with E-state index in [4.69, 9.17) is 4.74 Å². The van der Waals surface area contributed by atoms with E-state index < -0.39 is 17.7 Å². The Kier molecular flexibility index (Phi) is 6.75. The van der Waals surface area contributed by atoms with Crippen LogP contribution in [0.2, 0.25) is 0 Å². The van der Waals surface area contributed by atoms with Gasteiger partial charge in [0.2, 0.25) is 5.91 Å². The summed E-state index contributed by atoms with van der Waals surface area (Å²) in [6.45, 7) is 5.28. The number of carbonyl (C=O) groups is 2. The molecular formula is C28H32F2N4O4. The fraction of sp³-hybridized carbons (Fsp3) is 0.464. The van der Waals surface area contributed by atoms with Gasteiger partial charge in [0.05, 0.1) is 24.8 Å². The topological polar surface area (TPSA) is 96.4 Å². The Hall–Kier alpha value is -3.69. The Balaban J connectivity index is 1.31. The van der Waals surface area contributed by atoms with Crippen molar-refractivity contribution in [2.24, 2.45) is 11.8 Å². The van der Waals surface area contributed by atoms with E-state index in [1.807, 2.05) is 31.2 Å². The van der Waals surface area contributed by atoms with Gasteiger partial charge in [-0.25, -0.2) is 8.78 Å². The fourth-order valence-electron chi connectivity index (χ4n) is 5.54. The average molecular weight is 527 g/mol. The molecule has 1 saturated heterocycles. The molecule has 1 atom stereocenters. The van der Waals surface area contributed by atoms with Crippen molar-refractivity contribution in [3.63, 3.8) is 0 Å². The lowest BCUT2D eigenvalue weighted by Crippen LogP contribution is -2.41. The molecule has 1 aliphatic heterocycles. The second kappa shape index (κ2) is 9.89. The minimum Gasteiger partial charge on any atom is -0.496 e. The number of carbonyl (C=O) groups excluding carboxylic acids is 2. The van der Waals surface area contributed by atoms with Crippen LogP contribution in [0.3, 0.4) is 0 Å². The summed E-state index contributed by atoms with van der Waals surface area (Å²) < 4.78 is 34.2. The van der Waals surface area contributed by atoms with E-state index in [0.29, 0.717) is 55.0 Å². The predicted octanol–water partition coefficient (Wildman–Crippen LogP) is 3.78. The van der Waals surface area contributed by atoms with Gasteiger partial charge in [0.15, 0.2) is 0 Å². The molecule has 3 aromatic rings. The number of nitrogens with zero attached hydrogens (tertiary/aromatic N) is 2. The van der Waals surface area contributed by atoms with E-state index in [9.17, 15) is 23.2 Å². The third-order valence-corrected chi connectivity index (χ3v) is 7.82. The number of ether oxygens (including phenoxy) is 1. The molecule has 8 nitrogen and oxygen atoms in total. The number of fused-ring (bicyclic) bond motifs is 1. The molecule has 1 aliphatic carbocycles. The van der Waals surface area contributed by atoms with Crippen molar-refractivity contribution in [1.29, 1.82) is 0 Å². The van der Waals surface area contributed by atoms with Gasteiger partial charge in [-0.3, -0.25) is 14.4 Å². The number of aromatic nitrogens is 2. The van der Waals surface area contributed by atoms with Crippen LogP contribution in [0.5, 0.6) is 5.75 Å². The first-order chi connectivity index (χ1) is 18.1. The van der Waals surface area contributed by atoms with Gasteiger partial charge in [0.25, 0.3) is 17.4 Å². The SMILES string of the molecule is COc1cc(C)[nH]c(=O)c1CNC(=O)c1c(C)n(CC2CCN(C(=O)C3CC3(F)F)CC2)c2ccccc12. The van der Waals surface area contributed by atoms with Crippen LogP contribution in [0, 0.1) is 25.7 Å². The average Bonchev–Trinajstić information content (AvgIpc) is 3.44. The van der Waals surface area contributed by atoms with E-state index in [0.717, 1.165) is 16.6 Å². The molecule has 2 aliphatic rings. The summed E-state index contributed by atoms with van der Waals surface area (Å²) in [7, 11) is 1.49. The molecule has 0 bridgehead atoms. The number of aryl methyl sites for hydroxylation is 1. The van der Waals surface area contributed by atoms with E-state index in [2.05, 4.69) is 14.9 Å². The van der Waals surface area contributed by atoms with Crippen molar-refractivity contribution < 1.29 is 23.1 Å². The second-order valence-electron chi connectivity index (χ2n) is 10.4. The highest BCUT2D eigenvalue weighted by Crippen LogP contribution is 2.49. The molecule has 10 heteroatoms.